The van der Waals surface area contributed by atoms with E-state index in [0.717, 1.165) is 50.7 Å². The molecule has 0 radical (unpaired) electrons. The summed E-state index contributed by atoms with van der Waals surface area (Å²) in [5.74, 6) is -3.60. The van der Waals surface area contributed by atoms with Crippen molar-refractivity contribution in [2.45, 2.75) is 76.0 Å². The Morgan fingerprint density at radius 2 is 1.73 bits per heavy atom. The fraction of sp³-hybridized carbons (Fsp3) is 0.516. The molecule has 2 aromatic carbocycles. The molecule has 2 aliphatic heterocycles. The summed E-state index contributed by atoms with van der Waals surface area (Å²) < 4.78 is 45.4. The number of aliphatic carboxylic acids is 1. The predicted molar refractivity (Wildman–Crippen MR) is 144 cm³/mol. The molecule has 5 rings (SSSR count). The minimum Gasteiger partial charge on any atom is -0.480 e. The van der Waals surface area contributed by atoms with Crippen molar-refractivity contribution < 1.29 is 37.4 Å². The highest BCUT2D eigenvalue weighted by molar-refractivity contribution is 6.09. The van der Waals surface area contributed by atoms with Crippen molar-refractivity contribution >= 4 is 17.8 Å². The quantitative estimate of drug-likeness (QED) is 0.341. The van der Waals surface area contributed by atoms with E-state index >= 15 is 0 Å². The maximum absolute atomic E-state index is 13.7. The molecule has 2 aromatic rings. The van der Waals surface area contributed by atoms with Gasteiger partial charge in [-0.05, 0) is 54.7 Å². The van der Waals surface area contributed by atoms with Gasteiger partial charge in [-0.25, -0.2) is 0 Å². The van der Waals surface area contributed by atoms with E-state index < -0.39 is 47.0 Å². The van der Waals surface area contributed by atoms with Gasteiger partial charge in [-0.1, -0.05) is 63.6 Å². The van der Waals surface area contributed by atoms with Gasteiger partial charge in [-0.15, -0.1) is 0 Å². The summed E-state index contributed by atoms with van der Waals surface area (Å²) in [6.07, 6.45) is 1.97. The molecule has 2 N–H and O–H groups in total. The molecule has 41 heavy (non-hydrogen) atoms. The zero-order valence-electron chi connectivity index (χ0n) is 23.0. The topological polar surface area (TPSA) is 95.9 Å². The molecular weight excluding hydrogens is 537 g/mol. The molecule has 220 valence electrons. The van der Waals surface area contributed by atoms with E-state index in [4.69, 9.17) is 4.74 Å². The van der Waals surface area contributed by atoms with Crippen molar-refractivity contribution in [2.75, 3.05) is 6.54 Å². The molecule has 0 aromatic heterocycles. The number of carbonyl (C=O) groups excluding carboxylic acids is 2. The Kier molecular flexibility index (Phi) is 8.14. The Balaban J connectivity index is 1.50. The van der Waals surface area contributed by atoms with Crippen LogP contribution in [0.1, 0.15) is 75.5 Å². The zero-order chi connectivity index (χ0) is 29.4. The summed E-state index contributed by atoms with van der Waals surface area (Å²) in [4.78, 5) is 41.8. The van der Waals surface area contributed by atoms with E-state index in [1.807, 2.05) is 6.92 Å². The van der Waals surface area contributed by atoms with Crippen LogP contribution < -0.4 is 10.1 Å². The standard InChI is InChI=1S/C31H35F3N2O5/c1-2-3-15-36-27(37)24-25(28(36)38)30(29(39)40,18-19-9-5-4-6-10-19)35-26(24)20-11-7-13-22(16-20)41-23-14-8-12-21(17-23)31(32,33)34/h7-8,11-14,16-17,19,24-26,35H,2-6,9-10,15,18H2,1H3,(H,39,40). The SMILES string of the molecule is CCCCN1C(=O)C2C(c3cccc(Oc4cccc(C(F)(F)F)c4)c3)NC(CC3CCCCC3)(C(=O)O)C2C1=O. The van der Waals surface area contributed by atoms with Crippen molar-refractivity contribution in [1.82, 2.24) is 10.2 Å². The van der Waals surface area contributed by atoms with Crippen LogP contribution in [0, 0.1) is 17.8 Å². The molecule has 2 amide bonds. The molecule has 0 spiro atoms. The Labute approximate surface area is 237 Å². The third-order valence-electron chi connectivity index (χ3n) is 8.81. The van der Waals surface area contributed by atoms with E-state index in [-0.39, 0.29) is 36.3 Å². The number of carbonyl (C=O) groups is 3. The summed E-state index contributed by atoms with van der Waals surface area (Å²) >= 11 is 0. The van der Waals surface area contributed by atoms with Gasteiger partial charge in [-0.2, -0.15) is 13.2 Å². The van der Waals surface area contributed by atoms with E-state index in [0.29, 0.717) is 12.0 Å². The highest BCUT2D eigenvalue weighted by Crippen LogP contribution is 2.52. The second-order valence-corrected chi connectivity index (χ2v) is 11.5. The molecule has 1 aliphatic carbocycles. The van der Waals surface area contributed by atoms with Gasteiger partial charge in [0.15, 0.2) is 0 Å². The van der Waals surface area contributed by atoms with Crippen LogP contribution in [0.15, 0.2) is 48.5 Å². The van der Waals surface area contributed by atoms with E-state index in [1.165, 1.54) is 17.0 Å². The lowest BCUT2D eigenvalue weighted by molar-refractivity contribution is -0.152. The van der Waals surface area contributed by atoms with Crippen molar-refractivity contribution in [3.05, 3.63) is 59.7 Å². The number of alkyl halides is 3. The van der Waals surface area contributed by atoms with Gasteiger partial charge < -0.3 is 9.84 Å². The summed E-state index contributed by atoms with van der Waals surface area (Å²) in [6.45, 7) is 2.20. The predicted octanol–water partition coefficient (Wildman–Crippen LogP) is 6.34. The number of carboxylic acid groups (broad SMARTS) is 1. The second-order valence-electron chi connectivity index (χ2n) is 11.5. The first-order chi connectivity index (χ1) is 19.5. The van der Waals surface area contributed by atoms with Crippen LogP contribution >= 0.6 is 0 Å². The number of unbranched alkanes of at least 4 members (excludes halogenated alkanes) is 1. The molecule has 10 heteroatoms. The monoisotopic (exact) mass is 572 g/mol. The first-order valence-electron chi connectivity index (χ1n) is 14.4. The number of halogens is 3. The molecule has 4 unspecified atom stereocenters. The summed E-state index contributed by atoms with van der Waals surface area (Å²) in [6, 6.07) is 10.3. The number of carboxylic acids is 1. The van der Waals surface area contributed by atoms with Gasteiger partial charge in [-0.3, -0.25) is 24.6 Å². The molecule has 3 aliphatic rings. The number of benzene rings is 2. The average molecular weight is 573 g/mol. The Morgan fingerprint density at radius 1 is 1.05 bits per heavy atom. The van der Waals surface area contributed by atoms with Crippen LogP contribution in [-0.4, -0.2) is 39.9 Å². The van der Waals surface area contributed by atoms with Crippen molar-refractivity contribution in [2.24, 2.45) is 17.8 Å². The highest BCUT2D eigenvalue weighted by Gasteiger charge is 2.68. The van der Waals surface area contributed by atoms with Crippen LogP contribution in [0.5, 0.6) is 11.5 Å². The Bertz CT molecular complexity index is 1310. The number of likely N-dealkylation sites (tertiary alicyclic amines) is 1. The summed E-state index contributed by atoms with van der Waals surface area (Å²) in [7, 11) is 0. The van der Waals surface area contributed by atoms with E-state index in [9.17, 15) is 32.7 Å². The second kappa shape index (κ2) is 11.5. The third-order valence-corrected chi connectivity index (χ3v) is 8.81. The maximum Gasteiger partial charge on any atom is 0.416 e. The van der Waals surface area contributed by atoms with Crippen molar-refractivity contribution in [3.8, 4) is 11.5 Å². The van der Waals surface area contributed by atoms with Crippen LogP contribution in [-0.2, 0) is 20.6 Å². The number of rotatable bonds is 9. The number of ether oxygens (including phenoxy) is 1. The Morgan fingerprint density at radius 3 is 2.39 bits per heavy atom. The average Bonchev–Trinajstić information content (AvgIpc) is 3.41. The lowest BCUT2D eigenvalue weighted by atomic mass is 9.72. The van der Waals surface area contributed by atoms with Gasteiger partial charge in [0.25, 0.3) is 0 Å². The van der Waals surface area contributed by atoms with Gasteiger partial charge >= 0.3 is 12.1 Å². The Hall–Kier alpha value is -3.40. The molecule has 2 heterocycles. The molecule has 7 nitrogen and oxygen atoms in total. The minimum atomic E-state index is -4.53. The van der Waals surface area contributed by atoms with Gasteiger partial charge in [0.05, 0.1) is 17.4 Å². The molecule has 1 saturated carbocycles. The van der Waals surface area contributed by atoms with Crippen LogP contribution in [0.3, 0.4) is 0 Å². The number of nitrogens with one attached hydrogen (secondary N) is 1. The number of amides is 2. The number of nitrogens with zero attached hydrogens (tertiary/aromatic N) is 1. The van der Waals surface area contributed by atoms with E-state index in [1.54, 1.807) is 24.3 Å². The van der Waals surface area contributed by atoms with Gasteiger partial charge in [0.1, 0.15) is 17.0 Å². The first-order valence-corrected chi connectivity index (χ1v) is 14.4. The number of fused-ring (bicyclic) bond motifs is 1. The van der Waals surface area contributed by atoms with Crippen LogP contribution in [0.2, 0.25) is 0 Å². The normalized spacial score (nSPS) is 26.8. The molecule has 0 bridgehead atoms. The van der Waals surface area contributed by atoms with E-state index in [2.05, 4.69) is 5.32 Å². The molecular formula is C31H35F3N2O5. The number of hydrogen-bond acceptors (Lipinski definition) is 5. The maximum atomic E-state index is 13.7. The smallest absolute Gasteiger partial charge is 0.416 e. The van der Waals surface area contributed by atoms with Gasteiger partial charge in [0.2, 0.25) is 11.8 Å². The fourth-order valence-corrected chi connectivity index (χ4v) is 6.85. The van der Waals surface area contributed by atoms with Crippen molar-refractivity contribution in [1.29, 1.82) is 0 Å². The zero-order valence-corrected chi connectivity index (χ0v) is 23.0. The lowest BCUT2D eigenvalue weighted by Crippen LogP contribution is -2.56. The van der Waals surface area contributed by atoms with Gasteiger partial charge in [0, 0.05) is 12.6 Å². The first kappa shape index (κ1) is 29.1. The summed E-state index contributed by atoms with van der Waals surface area (Å²) in [5.41, 5.74) is -1.92. The molecule has 4 atom stereocenters. The lowest BCUT2D eigenvalue weighted by Gasteiger charge is -2.35. The third kappa shape index (κ3) is 5.58. The number of imide groups is 1. The minimum absolute atomic E-state index is 0.00993. The molecule has 3 fully saturated rings. The fourth-order valence-electron chi connectivity index (χ4n) is 6.85. The van der Waals surface area contributed by atoms with Crippen LogP contribution in [0.25, 0.3) is 0 Å². The van der Waals surface area contributed by atoms with Crippen LogP contribution in [0.4, 0.5) is 13.2 Å². The number of hydrogen-bond donors (Lipinski definition) is 2. The molecule has 2 saturated heterocycles. The summed E-state index contributed by atoms with van der Waals surface area (Å²) in [5, 5.41) is 13.9. The van der Waals surface area contributed by atoms with Crippen molar-refractivity contribution in [3.63, 3.8) is 0 Å². The largest absolute Gasteiger partial charge is 0.480 e. The highest BCUT2D eigenvalue weighted by atomic mass is 19.4.